The molecular formula is C8H12N2O3. The quantitative estimate of drug-likeness (QED) is 0.579. The normalized spacial score (nSPS) is 17.0. The lowest BCUT2D eigenvalue weighted by molar-refractivity contribution is -0.125. The number of carbonyl (C=O) groups excluding carboxylic acids is 3. The van der Waals surface area contributed by atoms with Gasteiger partial charge < -0.3 is 5.32 Å². The molecule has 1 fully saturated rings. The summed E-state index contributed by atoms with van der Waals surface area (Å²) >= 11 is 0. The van der Waals surface area contributed by atoms with Crippen LogP contribution in [0.5, 0.6) is 0 Å². The molecule has 5 nitrogen and oxygen atoms in total. The topological polar surface area (TPSA) is 66.5 Å². The Morgan fingerprint density at radius 2 is 2.08 bits per heavy atom. The van der Waals surface area contributed by atoms with E-state index in [1.165, 1.54) is 0 Å². The SMILES string of the molecule is CC(C)NC(=O)N1CC(=O)CC1=O. The minimum absolute atomic E-state index is 0.0315. The van der Waals surface area contributed by atoms with E-state index in [0.29, 0.717) is 0 Å². The lowest BCUT2D eigenvalue weighted by atomic mass is 10.3. The molecule has 0 aromatic heterocycles. The summed E-state index contributed by atoms with van der Waals surface area (Å²) in [6, 6.07) is -0.512. The second-order valence-corrected chi connectivity index (χ2v) is 3.30. The lowest BCUT2D eigenvalue weighted by Crippen LogP contribution is -2.43. The lowest BCUT2D eigenvalue weighted by Gasteiger charge is -2.15. The molecule has 0 saturated carbocycles. The number of carbonyl (C=O) groups is 3. The third kappa shape index (κ3) is 2.27. The molecule has 13 heavy (non-hydrogen) atoms. The van der Waals surface area contributed by atoms with Gasteiger partial charge in [0.05, 0.1) is 13.0 Å². The van der Waals surface area contributed by atoms with E-state index < -0.39 is 11.9 Å². The summed E-state index contributed by atoms with van der Waals surface area (Å²) in [5, 5.41) is 2.55. The predicted octanol–water partition coefficient (Wildman–Crippen LogP) is -0.0942. The van der Waals surface area contributed by atoms with Crippen molar-refractivity contribution in [2.75, 3.05) is 6.54 Å². The van der Waals surface area contributed by atoms with E-state index in [2.05, 4.69) is 5.32 Å². The van der Waals surface area contributed by atoms with Crippen molar-refractivity contribution in [3.63, 3.8) is 0 Å². The van der Waals surface area contributed by atoms with Crippen LogP contribution in [0.2, 0.25) is 0 Å². The van der Waals surface area contributed by atoms with Crippen LogP contribution in [-0.2, 0) is 9.59 Å². The standard InChI is InChI=1S/C8H12N2O3/c1-5(2)9-8(13)10-4-6(11)3-7(10)12/h5H,3-4H2,1-2H3,(H,9,13). The second kappa shape index (κ2) is 3.55. The summed E-state index contributed by atoms with van der Waals surface area (Å²) in [7, 11) is 0. The van der Waals surface area contributed by atoms with Gasteiger partial charge in [0, 0.05) is 6.04 Å². The molecule has 0 spiro atoms. The van der Waals surface area contributed by atoms with Gasteiger partial charge in [-0.2, -0.15) is 0 Å². The maximum atomic E-state index is 11.3. The van der Waals surface area contributed by atoms with Crippen LogP contribution in [0.4, 0.5) is 4.79 Å². The molecule has 1 rings (SSSR count). The molecule has 0 atom stereocenters. The minimum Gasteiger partial charge on any atom is -0.335 e. The van der Waals surface area contributed by atoms with Crippen LogP contribution in [-0.4, -0.2) is 35.2 Å². The molecule has 1 saturated heterocycles. The van der Waals surface area contributed by atoms with Crippen LogP contribution in [0.25, 0.3) is 0 Å². The van der Waals surface area contributed by atoms with Gasteiger partial charge in [0.15, 0.2) is 5.78 Å². The summed E-state index contributed by atoms with van der Waals surface area (Å²) in [4.78, 5) is 34.1. The molecular weight excluding hydrogens is 172 g/mol. The number of urea groups is 1. The summed E-state index contributed by atoms with van der Waals surface area (Å²) in [6.07, 6.45) is -0.147. The molecule has 3 amide bonds. The number of rotatable bonds is 1. The van der Waals surface area contributed by atoms with E-state index >= 15 is 0 Å². The van der Waals surface area contributed by atoms with Crippen molar-refractivity contribution in [2.45, 2.75) is 26.3 Å². The molecule has 0 unspecified atom stereocenters. The summed E-state index contributed by atoms with van der Waals surface area (Å²) < 4.78 is 0. The highest BCUT2D eigenvalue weighted by atomic mass is 16.2. The third-order valence-corrected chi connectivity index (χ3v) is 1.64. The highest BCUT2D eigenvalue weighted by molar-refractivity contribution is 6.12. The number of imide groups is 1. The fourth-order valence-corrected chi connectivity index (χ4v) is 1.09. The Morgan fingerprint density at radius 3 is 2.46 bits per heavy atom. The first-order chi connectivity index (χ1) is 6.00. The van der Waals surface area contributed by atoms with Crippen LogP contribution in [0.15, 0.2) is 0 Å². The first kappa shape index (κ1) is 9.70. The highest BCUT2D eigenvalue weighted by Gasteiger charge is 2.32. The number of nitrogens with zero attached hydrogens (tertiary/aromatic N) is 1. The van der Waals surface area contributed by atoms with Crippen molar-refractivity contribution in [2.24, 2.45) is 0 Å². The van der Waals surface area contributed by atoms with Gasteiger partial charge in [-0.25, -0.2) is 4.79 Å². The van der Waals surface area contributed by atoms with E-state index in [1.54, 1.807) is 13.8 Å². The van der Waals surface area contributed by atoms with Crippen molar-refractivity contribution >= 4 is 17.7 Å². The number of amides is 3. The first-order valence-electron chi connectivity index (χ1n) is 4.13. The van der Waals surface area contributed by atoms with Gasteiger partial charge in [0.25, 0.3) is 0 Å². The molecule has 0 aromatic carbocycles. The smallest absolute Gasteiger partial charge is 0.324 e. The molecule has 1 aliphatic rings. The molecule has 0 aromatic rings. The average molecular weight is 184 g/mol. The Bertz CT molecular complexity index is 260. The zero-order valence-corrected chi connectivity index (χ0v) is 7.66. The van der Waals surface area contributed by atoms with Gasteiger partial charge >= 0.3 is 6.03 Å². The largest absolute Gasteiger partial charge is 0.335 e. The molecule has 5 heteroatoms. The molecule has 1 N–H and O–H groups in total. The minimum atomic E-state index is -0.481. The summed E-state index contributed by atoms with van der Waals surface area (Å²) in [6.45, 7) is 3.50. The Hall–Kier alpha value is -1.39. The Kier molecular flexibility index (Phi) is 2.65. The van der Waals surface area contributed by atoms with Gasteiger partial charge in [0.2, 0.25) is 5.91 Å². The van der Waals surface area contributed by atoms with Crippen molar-refractivity contribution in [1.29, 1.82) is 0 Å². The molecule has 72 valence electrons. The van der Waals surface area contributed by atoms with E-state index in [1.807, 2.05) is 0 Å². The number of nitrogens with one attached hydrogen (secondary N) is 1. The van der Waals surface area contributed by atoms with Crippen LogP contribution in [0.3, 0.4) is 0 Å². The van der Waals surface area contributed by atoms with Gasteiger partial charge in [-0.1, -0.05) is 0 Å². The molecule has 0 radical (unpaired) electrons. The van der Waals surface area contributed by atoms with Crippen molar-refractivity contribution < 1.29 is 14.4 Å². The van der Waals surface area contributed by atoms with E-state index in [4.69, 9.17) is 0 Å². The number of hydrogen-bond donors (Lipinski definition) is 1. The average Bonchev–Trinajstić information content (AvgIpc) is 2.28. The second-order valence-electron chi connectivity index (χ2n) is 3.30. The first-order valence-corrected chi connectivity index (χ1v) is 4.13. The Labute approximate surface area is 76.1 Å². The van der Waals surface area contributed by atoms with Gasteiger partial charge in [-0.15, -0.1) is 0 Å². The third-order valence-electron chi connectivity index (χ3n) is 1.64. The molecule has 0 aliphatic carbocycles. The number of hydrogen-bond acceptors (Lipinski definition) is 3. The zero-order chi connectivity index (χ0) is 10.0. The number of ketones is 1. The van der Waals surface area contributed by atoms with Crippen LogP contribution < -0.4 is 5.32 Å². The van der Waals surface area contributed by atoms with Gasteiger partial charge in [0.1, 0.15) is 0 Å². The van der Waals surface area contributed by atoms with Crippen LogP contribution in [0, 0.1) is 0 Å². The highest BCUT2D eigenvalue weighted by Crippen LogP contribution is 2.06. The van der Waals surface area contributed by atoms with E-state index in [0.717, 1.165) is 4.90 Å². The van der Waals surface area contributed by atoms with Crippen molar-refractivity contribution in [1.82, 2.24) is 10.2 Å². The van der Waals surface area contributed by atoms with Crippen LogP contribution >= 0.6 is 0 Å². The fourth-order valence-electron chi connectivity index (χ4n) is 1.09. The van der Waals surface area contributed by atoms with Gasteiger partial charge in [-0.05, 0) is 13.8 Å². The molecule has 0 bridgehead atoms. The van der Waals surface area contributed by atoms with Crippen molar-refractivity contribution in [3.05, 3.63) is 0 Å². The Morgan fingerprint density at radius 1 is 1.46 bits per heavy atom. The predicted molar refractivity (Wildman–Crippen MR) is 45.0 cm³/mol. The van der Waals surface area contributed by atoms with Gasteiger partial charge in [-0.3, -0.25) is 14.5 Å². The zero-order valence-electron chi connectivity index (χ0n) is 7.66. The van der Waals surface area contributed by atoms with E-state index in [-0.39, 0.29) is 24.8 Å². The number of Topliss-reactive ketones (excluding diaryl/α,β-unsaturated/α-hetero) is 1. The van der Waals surface area contributed by atoms with E-state index in [9.17, 15) is 14.4 Å². The maximum Gasteiger partial charge on any atom is 0.324 e. The Balaban J connectivity index is 2.57. The number of likely N-dealkylation sites (tertiary alicyclic amines) is 1. The monoisotopic (exact) mass is 184 g/mol. The van der Waals surface area contributed by atoms with Crippen LogP contribution in [0.1, 0.15) is 20.3 Å². The van der Waals surface area contributed by atoms with Crippen molar-refractivity contribution in [3.8, 4) is 0 Å². The molecule has 1 heterocycles. The summed E-state index contributed by atoms with van der Waals surface area (Å²) in [5.41, 5.74) is 0. The fraction of sp³-hybridized carbons (Fsp3) is 0.625. The molecule has 1 aliphatic heterocycles. The maximum absolute atomic E-state index is 11.3. The summed E-state index contributed by atoms with van der Waals surface area (Å²) in [5.74, 6) is -0.618.